The number of nitrogens with zero attached hydrogens (tertiary/aromatic N) is 3. The first-order chi connectivity index (χ1) is 12.7. The Morgan fingerprint density at radius 1 is 1.23 bits per heavy atom. The lowest BCUT2D eigenvalue weighted by Gasteiger charge is -2.27. The minimum absolute atomic E-state index is 0.637. The number of ether oxygens (including phenoxy) is 1. The zero-order chi connectivity index (χ0) is 18.4. The van der Waals surface area contributed by atoms with Crippen LogP contribution < -0.4 is 10.1 Å². The number of nitrogens with one attached hydrogen (secondary N) is 1. The van der Waals surface area contributed by atoms with Gasteiger partial charge in [-0.1, -0.05) is 32.0 Å². The maximum absolute atomic E-state index is 6.03. The number of benzene rings is 1. The highest BCUT2D eigenvalue weighted by molar-refractivity contribution is 5.80. The molecule has 2 aliphatic rings. The summed E-state index contributed by atoms with van der Waals surface area (Å²) in [5.41, 5.74) is 1.20. The second kappa shape index (κ2) is 9.26. The van der Waals surface area contributed by atoms with Crippen molar-refractivity contribution in [2.45, 2.75) is 45.7 Å². The van der Waals surface area contributed by atoms with Crippen LogP contribution in [0.15, 0.2) is 29.3 Å². The quantitative estimate of drug-likeness (QED) is 0.573. The first kappa shape index (κ1) is 19.0. The Hall–Kier alpha value is -1.75. The SMILES string of the molecule is CCN(CC)C1CCN(C(=NC)NCc2ccccc2OCC2CC2)C1. The van der Waals surface area contributed by atoms with Crippen molar-refractivity contribution in [3.63, 3.8) is 0 Å². The molecule has 0 amide bonds. The van der Waals surface area contributed by atoms with E-state index in [9.17, 15) is 0 Å². The zero-order valence-corrected chi connectivity index (χ0v) is 16.6. The Labute approximate surface area is 158 Å². The highest BCUT2D eigenvalue weighted by Gasteiger charge is 2.28. The highest BCUT2D eigenvalue weighted by Crippen LogP contribution is 2.30. The molecule has 5 nitrogen and oxygen atoms in total. The van der Waals surface area contributed by atoms with Gasteiger partial charge in [-0.3, -0.25) is 9.89 Å². The second-order valence-electron chi connectivity index (χ2n) is 7.37. The van der Waals surface area contributed by atoms with Gasteiger partial charge in [0.15, 0.2) is 5.96 Å². The van der Waals surface area contributed by atoms with Crippen LogP contribution in [0.25, 0.3) is 0 Å². The molecule has 1 unspecified atom stereocenters. The van der Waals surface area contributed by atoms with Crippen LogP contribution in [0.3, 0.4) is 0 Å². The van der Waals surface area contributed by atoms with E-state index in [4.69, 9.17) is 4.74 Å². The summed E-state index contributed by atoms with van der Waals surface area (Å²) >= 11 is 0. The Kier molecular flexibility index (Phi) is 6.78. The lowest BCUT2D eigenvalue weighted by molar-refractivity contribution is 0.223. The average Bonchev–Trinajstić information content (AvgIpc) is 3.39. The number of hydrogen-bond donors (Lipinski definition) is 1. The molecule has 1 aromatic rings. The second-order valence-corrected chi connectivity index (χ2v) is 7.37. The van der Waals surface area contributed by atoms with E-state index in [-0.39, 0.29) is 0 Å². The van der Waals surface area contributed by atoms with Crippen LogP contribution in [0.5, 0.6) is 5.75 Å². The Morgan fingerprint density at radius 3 is 2.69 bits per heavy atom. The van der Waals surface area contributed by atoms with E-state index in [1.54, 1.807) is 0 Å². The standard InChI is InChI=1S/C21H34N4O/c1-4-24(5-2)19-12-13-25(15-19)21(22-3)23-14-18-8-6-7-9-20(18)26-16-17-10-11-17/h6-9,17,19H,4-5,10-16H2,1-3H3,(H,22,23). The largest absolute Gasteiger partial charge is 0.493 e. The number of guanidine groups is 1. The van der Waals surface area contributed by atoms with Gasteiger partial charge in [0.05, 0.1) is 6.61 Å². The van der Waals surface area contributed by atoms with E-state index in [0.29, 0.717) is 6.04 Å². The highest BCUT2D eigenvalue weighted by atomic mass is 16.5. The van der Waals surface area contributed by atoms with Gasteiger partial charge < -0.3 is 15.0 Å². The normalized spacial score (nSPS) is 20.7. The predicted molar refractivity (Wildman–Crippen MR) is 108 cm³/mol. The molecule has 1 heterocycles. The number of rotatable bonds is 8. The molecule has 1 saturated heterocycles. The van der Waals surface area contributed by atoms with Crippen molar-refractivity contribution in [1.29, 1.82) is 0 Å². The van der Waals surface area contributed by atoms with Gasteiger partial charge in [-0.05, 0) is 44.3 Å². The molecular formula is C21H34N4O. The molecule has 1 atom stereocenters. The van der Waals surface area contributed by atoms with Crippen LogP contribution in [0.4, 0.5) is 0 Å². The van der Waals surface area contributed by atoms with Gasteiger partial charge in [0, 0.05) is 38.3 Å². The number of likely N-dealkylation sites (tertiary alicyclic amines) is 1. The van der Waals surface area contributed by atoms with Crippen LogP contribution in [-0.4, -0.2) is 61.6 Å². The molecule has 5 heteroatoms. The molecule has 1 aliphatic heterocycles. The number of hydrogen-bond acceptors (Lipinski definition) is 3. The molecule has 0 spiro atoms. The molecule has 0 bridgehead atoms. The third kappa shape index (κ3) is 4.91. The molecular weight excluding hydrogens is 324 g/mol. The maximum Gasteiger partial charge on any atom is 0.193 e. The van der Waals surface area contributed by atoms with Crippen LogP contribution in [-0.2, 0) is 6.54 Å². The summed E-state index contributed by atoms with van der Waals surface area (Å²) in [4.78, 5) is 9.45. The molecule has 144 valence electrons. The van der Waals surface area contributed by atoms with Gasteiger partial charge in [0.1, 0.15) is 5.75 Å². The topological polar surface area (TPSA) is 40.1 Å². The van der Waals surface area contributed by atoms with Crippen molar-refractivity contribution < 1.29 is 4.74 Å². The minimum Gasteiger partial charge on any atom is -0.493 e. The van der Waals surface area contributed by atoms with Crippen molar-refractivity contribution in [2.24, 2.45) is 10.9 Å². The smallest absolute Gasteiger partial charge is 0.193 e. The summed E-state index contributed by atoms with van der Waals surface area (Å²) < 4.78 is 6.03. The van der Waals surface area contributed by atoms with Crippen LogP contribution >= 0.6 is 0 Å². The summed E-state index contributed by atoms with van der Waals surface area (Å²) in [6, 6.07) is 8.99. The molecule has 0 aromatic heterocycles. The third-order valence-electron chi connectivity index (χ3n) is 5.58. The van der Waals surface area contributed by atoms with E-state index >= 15 is 0 Å². The fourth-order valence-corrected chi connectivity index (χ4v) is 3.76. The first-order valence-corrected chi connectivity index (χ1v) is 10.2. The molecule has 1 aliphatic carbocycles. The summed E-state index contributed by atoms with van der Waals surface area (Å²) in [5.74, 6) is 2.77. The third-order valence-corrected chi connectivity index (χ3v) is 5.58. The molecule has 2 fully saturated rings. The van der Waals surface area contributed by atoms with Crippen molar-refractivity contribution in [1.82, 2.24) is 15.1 Å². The van der Waals surface area contributed by atoms with Crippen LogP contribution in [0, 0.1) is 5.92 Å². The van der Waals surface area contributed by atoms with Gasteiger partial charge in [-0.25, -0.2) is 0 Å². The maximum atomic E-state index is 6.03. The van der Waals surface area contributed by atoms with Gasteiger partial charge in [0.25, 0.3) is 0 Å². The van der Waals surface area contributed by atoms with Crippen molar-refractivity contribution in [3.8, 4) is 5.75 Å². The average molecular weight is 359 g/mol. The molecule has 26 heavy (non-hydrogen) atoms. The fourth-order valence-electron chi connectivity index (χ4n) is 3.76. The van der Waals surface area contributed by atoms with E-state index in [0.717, 1.165) is 57.0 Å². The van der Waals surface area contributed by atoms with Crippen molar-refractivity contribution in [2.75, 3.05) is 39.8 Å². The Bertz CT molecular complexity index is 595. The fraction of sp³-hybridized carbons (Fsp3) is 0.667. The zero-order valence-electron chi connectivity index (χ0n) is 16.6. The molecule has 1 saturated carbocycles. The van der Waals surface area contributed by atoms with E-state index in [2.05, 4.69) is 58.2 Å². The summed E-state index contributed by atoms with van der Waals surface area (Å²) in [6.45, 7) is 10.5. The van der Waals surface area contributed by atoms with Crippen molar-refractivity contribution >= 4 is 5.96 Å². The summed E-state index contributed by atoms with van der Waals surface area (Å²) in [6.07, 6.45) is 3.84. The lowest BCUT2D eigenvalue weighted by atomic mass is 10.2. The van der Waals surface area contributed by atoms with E-state index in [1.807, 2.05) is 7.05 Å². The molecule has 1 aromatic carbocycles. The van der Waals surface area contributed by atoms with E-state index < -0.39 is 0 Å². The number of likely N-dealkylation sites (N-methyl/N-ethyl adjacent to an activating group) is 1. The van der Waals surface area contributed by atoms with Crippen LogP contribution in [0.1, 0.15) is 38.7 Å². The molecule has 3 rings (SSSR count). The first-order valence-electron chi connectivity index (χ1n) is 10.2. The van der Waals surface area contributed by atoms with Gasteiger partial charge >= 0.3 is 0 Å². The van der Waals surface area contributed by atoms with Crippen molar-refractivity contribution in [3.05, 3.63) is 29.8 Å². The Balaban J connectivity index is 1.54. The molecule has 1 N–H and O–H groups in total. The van der Waals surface area contributed by atoms with E-state index in [1.165, 1.54) is 24.8 Å². The summed E-state index contributed by atoms with van der Waals surface area (Å²) in [7, 11) is 1.88. The minimum atomic E-state index is 0.637. The van der Waals surface area contributed by atoms with Gasteiger partial charge in [-0.15, -0.1) is 0 Å². The van der Waals surface area contributed by atoms with Crippen LogP contribution in [0.2, 0.25) is 0 Å². The number of para-hydroxylation sites is 1. The Morgan fingerprint density at radius 2 is 2.00 bits per heavy atom. The molecule has 0 radical (unpaired) electrons. The summed E-state index contributed by atoms with van der Waals surface area (Å²) in [5, 5.41) is 3.54. The van der Waals surface area contributed by atoms with Gasteiger partial charge in [-0.2, -0.15) is 0 Å². The predicted octanol–water partition coefficient (Wildman–Crippen LogP) is 2.97. The lowest BCUT2D eigenvalue weighted by Crippen LogP contribution is -2.43. The van der Waals surface area contributed by atoms with Gasteiger partial charge in [0.2, 0.25) is 0 Å². The monoisotopic (exact) mass is 358 g/mol. The number of aliphatic imine (C=N–C) groups is 1.